The maximum atomic E-state index is 11.9. The summed E-state index contributed by atoms with van der Waals surface area (Å²) in [4.78, 5) is 25.2. The predicted octanol–water partition coefficient (Wildman–Crippen LogP) is 1.15. The molecule has 2 amide bonds. The molecule has 21 heavy (non-hydrogen) atoms. The SMILES string of the molecule is CNC(=O)c1ccc(CNCCC(=O)N2CCCC2)cc1. The summed E-state index contributed by atoms with van der Waals surface area (Å²) in [6.07, 6.45) is 2.82. The van der Waals surface area contributed by atoms with Crippen LogP contribution in [0.3, 0.4) is 0 Å². The largest absolute Gasteiger partial charge is 0.355 e. The van der Waals surface area contributed by atoms with Gasteiger partial charge in [-0.1, -0.05) is 12.1 Å². The molecular weight excluding hydrogens is 266 g/mol. The second-order valence-corrected chi connectivity index (χ2v) is 5.29. The van der Waals surface area contributed by atoms with Gasteiger partial charge in [-0.05, 0) is 30.5 Å². The van der Waals surface area contributed by atoms with Crippen LogP contribution in [-0.4, -0.2) is 43.4 Å². The van der Waals surface area contributed by atoms with Gasteiger partial charge in [0.15, 0.2) is 0 Å². The first-order valence-corrected chi connectivity index (χ1v) is 7.50. The summed E-state index contributed by atoms with van der Waals surface area (Å²) in [5, 5.41) is 5.87. The Morgan fingerprint density at radius 3 is 2.43 bits per heavy atom. The molecule has 5 nitrogen and oxygen atoms in total. The zero-order chi connectivity index (χ0) is 15.1. The summed E-state index contributed by atoms with van der Waals surface area (Å²) in [6.45, 7) is 3.23. The number of benzene rings is 1. The van der Waals surface area contributed by atoms with Crippen LogP contribution in [0.1, 0.15) is 35.2 Å². The Balaban J connectivity index is 1.68. The third-order valence-electron chi connectivity index (χ3n) is 3.75. The van der Waals surface area contributed by atoms with Crippen molar-refractivity contribution in [2.45, 2.75) is 25.8 Å². The van der Waals surface area contributed by atoms with Gasteiger partial charge in [-0.15, -0.1) is 0 Å². The Labute approximate surface area is 125 Å². The van der Waals surface area contributed by atoms with E-state index >= 15 is 0 Å². The van der Waals surface area contributed by atoms with E-state index in [-0.39, 0.29) is 11.8 Å². The Bertz CT molecular complexity index is 479. The lowest BCUT2D eigenvalue weighted by atomic mass is 10.1. The number of likely N-dealkylation sites (tertiary alicyclic amines) is 1. The quantitative estimate of drug-likeness (QED) is 0.772. The minimum Gasteiger partial charge on any atom is -0.355 e. The lowest BCUT2D eigenvalue weighted by Crippen LogP contribution is -2.30. The van der Waals surface area contributed by atoms with Crippen LogP contribution < -0.4 is 10.6 Å². The van der Waals surface area contributed by atoms with E-state index in [1.165, 1.54) is 0 Å². The average molecular weight is 289 g/mol. The molecule has 1 aromatic rings. The Morgan fingerprint density at radius 2 is 1.81 bits per heavy atom. The summed E-state index contributed by atoms with van der Waals surface area (Å²) in [5.41, 5.74) is 1.77. The molecule has 1 aromatic carbocycles. The maximum absolute atomic E-state index is 11.9. The predicted molar refractivity (Wildman–Crippen MR) is 82.0 cm³/mol. The second kappa shape index (κ2) is 7.78. The van der Waals surface area contributed by atoms with E-state index in [0.717, 1.165) is 31.5 Å². The molecule has 114 valence electrons. The van der Waals surface area contributed by atoms with Gasteiger partial charge in [-0.25, -0.2) is 0 Å². The fourth-order valence-corrected chi connectivity index (χ4v) is 2.47. The first kappa shape index (κ1) is 15.5. The number of nitrogens with one attached hydrogen (secondary N) is 2. The van der Waals surface area contributed by atoms with E-state index in [2.05, 4.69) is 10.6 Å². The zero-order valence-electron chi connectivity index (χ0n) is 12.5. The maximum Gasteiger partial charge on any atom is 0.251 e. The van der Waals surface area contributed by atoms with Gasteiger partial charge in [0.25, 0.3) is 5.91 Å². The van der Waals surface area contributed by atoms with Crippen molar-refractivity contribution in [1.29, 1.82) is 0 Å². The fraction of sp³-hybridized carbons (Fsp3) is 0.500. The van der Waals surface area contributed by atoms with Crippen LogP contribution in [0.4, 0.5) is 0 Å². The Morgan fingerprint density at radius 1 is 1.14 bits per heavy atom. The van der Waals surface area contributed by atoms with E-state index in [1.807, 2.05) is 29.2 Å². The van der Waals surface area contributed by atoms with Crippen LogP contribution in [-0.2, 0) is 11.3 Å². The number of hydrogen-bond acceptors (Lipinski definition) is 3. The molecule has 0 unspecified atom stereocenters. The highest BCUT2D eigenvalue weighted by Crippen LogP contribution is 2.08. The van der Waals surface area contributed by atoms with Gasteiger partial charge < -0.3 is 15.5 Å². The number of hydrogen-bond donors (Lipinski definition) is 2. The van der Waals surface area contributed by atoms with Gasteiger partial charge in [0.05, 0.1) is 0 Å². The van der Waals surface area contributed by atoms with Crippen LogP contribution in [0.15, 0.2) is 24.3 Å². The summed E-state index contributed by atoms with van der Waals surface area (Å²) in [5.74, 6) is 0.167. The third-order valence-corrected chi connectivity index (χ3v) is 3.75. The van der Waals surface area contributed by atoms with Crippen molar-refractivity contribution in [1.82, 2.24) is 15.5 Å². The van der Waals surface area contributed by atoms with Gasteiger partial charge in [0.2, 0.25) is 5.91 Å². The molecule has 0 bridgehead atoms. The van der Waals surface area contributed by atoms with E-state index < -0.39 is 0 Å². The molecule has 0 aromatic heterocycles. The minimum absolute atomic E-state index is 0.0780. The molecule has 5 heteroatoms. The standard InChI is InChI=1S/C16H23N3O2/c1-17-16(21)14-6-4-13(5-7-14)12-18-9-8-15(20)19-10-2-3-11-19/h4-7,18H,2-3,8-12H2,1H3,(H,17,21). The molecule has 2 rings (SSSR count). The summed E-state index contributed by atoms with van der Waals surface area (Å²) in [7, 11) is 1.62. The van der Waals surface area contributed by atoms with E-state index in [4.69, 9.17) is 0 Å². The molecule has 2 N–H and O–H groups in total. The highest BCUT2D eigenvalue weighted by Gasteiger charge is 2.16. The van der Waals surface area contributed by atoms with Gasteiger partial charge in [0.1, 0.15) is 0 Å². The molecule has 1 fully saturated rings. The first-order valence-electron chi connectivity index (χ1n) is 7.50. The van der Waals surface area contributed by atoms with Crippen molar-refractivity contribution >= 4 is 11.8 Å². The van der Waals surface area contributed by atoms with E-state index in [9.17, 15) is 9.59 Å². The summed E-state index contributed by atoms with van der Waals surface area (Å²) >= 11 is 0. The number of carbonyl (C=O) groups excluding carboxylic acids is 2. The average Bonchev–Trinajstić information content (AvgIpc) is 3.05. The highest BCUT2D eigenvalue weighted by atomic mass is 16.2. The smallest absolute Gasteiger partial charge is 0.251 e. The molecule has 1 aliphatic heterocycles. The molecule has 0 radical (unpaired) electrons. The van der Waals surface area contributed by atoms with Gasteiger partial charge in [-0.3, -0.25) is 9.59 Å². The van der Waals surface area contributed by atoms with E-state index in [0.29, 0.717) is 25.1 Å². The molecule has 0 spiro atoms. The molecule has 1 saturated heterocycles. The molecular formula is C16H23N3O2. The van der Waals surface area contributed by atoms with Gasteiger partial charge in [0, 0.05) is 45.2 Å². The monoisotopic (exact) mass is 289 g/mol. The number of rotatable bonds is 6. The summed E-state index contributed by atoms with van der Waals surface area (Å²) in [6, 6.07) is 7.48. The first-order chi connectivity index (χ1) is 10.2. The molecule has 1 aliphatic rings. The lowest BCUT2D eigenvalue weighted by molar-refractivity contribution is -0.130. The fourth-order valence-electron chi connectivity index (χ4n) is 2.47. The normalized spacial score (nSPS) is 14.2. The van der Waals surface area contributed by atoms with E-state index in [1.54, 1.807) is 7.05 Å². The van der Waals surface area contributed by atoms with Gasteiger partial charge in [-0.2, -0.15) is 0 Å². The van der Waals surface area contributed by atoms with Crippen molar-refractivity contribution in [3.8, 4) is 0 Å². The zero-order valence-corrected chi connectivity index (χ0v) is 12.5. The van der Waals surface area contributed by atoms with Crippen LogP contribution in [0.25, 0.3) is 0 Å². The lowest BCUT2D eigenvalue weighted by Gasteiger charge is -2.15. The van der Waals surface area contributed by atoms with Crippen LogP contribution in [0.2, 0.25) is 0 Å². The molecule has 0 aliphatic carbocycles. The number of carbonyl (C=O) groups is 2. The Kier molecular flexibility index (Phi) is 5.75. The topological polar surface area (TPSA) is 61.4 Å². The van der Waals surface area contributed by atoms with Crippen LogP contribution in [0.5, 0.6) is 0 Å². The number of amides is 2. The molecule has 1 heterocycles. The van der Waals surface area contributed by atoms with Crippen molar-refractivity contribution in [2.24, 2.45) is 0 Å². The van der Waals surface area contributed by atoms with Crippen molar-refractivity contribution in [2.75, 3.05) is 26.7 Å². The molecule has 0 atom stereocenters. The van der Waals surface area contributed by atoms with Crippen molar-refractivity contribution in [3.63, 3.8) is 0 Å². The number of nitrogens with zero attached hydrogens (tertiary/aromatic N) is 1. The van der Waals surface area contributed by atoms with Gasteiger partial charge >= 0.3 is 0 Å². The van der Waals surface area contributed by atoms with Crippen molar-refractivity contribution < 1.29 is 9.59 Å². The van der Waals surface area contributed by atoms with Crippen molar-refractivity contribution in [3.05, 3.63) is 35.4 Å². The Hall–Kier alpha value is -1.88. The van der Waals surface area contributed by atoms with Crippen LogP contribution in [0, 0.1) is 0 Å². The minimum atomic E-state index is -0.0780. The highest BCUT2D eigenvalue weighted by molar-refractivity contribution is 5.93. The second-order valence-electron chi connectivity index (χ2n) is 5.29. The molecule has 0 saturated carbocycles. The third kappa shape index (κ3) is 4.56. The summed E-state index contributed by atoms with van der Waals surface area (Å²) < 4.78 is 0. The van der Waals surface area contributed by atoms with Crippen LogP contribution >= 0.6 is 0 Å².